The summed E-state index contributed by atoms with van der Waals surface area (Å²) in [6.07, 6.45) is 0. The second-order valence-electron chi connectivity index (χ2n) is 5.33. The number of piperazine rings is 1. The largest absolute Gasteiger partial charge is 0.497 e. The van der Waals surface area contributed by atoms with Crippen molar-refractivity contribution >= 4 is 5.69 Å². The molecule has 3 rings (SSSR count). The van der Waals surface area contributed by atoms with Crippen molar-refractivity contribution in [1.82, 2.24) is 5.32 Å². The highest BCUT2D eigenvalue weighted by molar-refractivity contribution is 5.54. The van der Waals surface area contributed by atoms with Gasteiger partial charge in [0, 0.05) is 43.5 Å². The molecule has 1 heterocycles. The van der Waals surface area contributed by atoms with Crippen LogP contribution in [0.4, 0.5) is 5.69 Å². The molecule has 0 amide bonds. The molecular weight excluding hydrogens is 276 g/mol. The minimum atomic E-state index is 0.563. The van der Waals surface area contributed by atoms with E-state index in [0.29, 0.717) is 6.61 Å². The van der Waals surface area contributed by atoms with Gasteiger partial charge in [0.2, 0.25) is 0 Å². The number of para-hydroxylation sites is 1. The van der Waals surface area contributed by atoms with E-state index < -0.39 is 0 Å². The van der Waals surface area contributed by atoms with Crippen LogP contribution in [0.1, 0.15) is 5.56 Å². The zero-order valence-electron chi connectivity index (χ0n) is 12.9. The van der Waals surface area contributed by atoms with Gasteiger partial charge in [-0.15, -0.1) is 0 Å². The maximum absolute atomic E-state index is 5.94. The molecule has 0 aromatic heterocycles. The van der Waals surface area contributed by atoms with E-state index in [1.807, 2.05) is 24.3 Å². The van der Waals surface area contributed by atoms with Crippen LogP contribution in [-0.2, 0) is 6.61 Å². The lowest BCUT2D eigenvalue weighted by molar-refractivity contribution is 0.303. The van der Waals surface area contributed by atoms with Crippen LogP contribution >= 0.6 is 0 Å². The predicted molar refractivity (Wildman–Crippen MR) is 88.9 cm³/mol. The molecule has 0 atom stereocenters. The number of rotatable bonds is 5. The van der Waals surface area contributed by atoms with Crippen molar-refractivity contribution in [1.29, 1.82) is 0 Å². The lowest BCUT2D eigenvalue weighted by atomic mass is 10.1. The van der Waals surface area contributed by atoms with Crippen LogP contribution in [0, 0.1) is 0 Å². The van der Waals surface area contributed by atoms with Crippen LogP contribution in [0.25, 0.3) is 0 Å². The Hall–Kier alpha value is -2.20. The van der Waals surface area contributed by atoms with Gasteiger partial charge >= 0.3 is 0 Å². The zero-order valence-corrected chi connectivity index (χ0v) is 12.9. The first-order valence-electron chi connectivity index (χ1n) is 7.67. The Kier molecular flexibility index (Phi) is 4.81. The molecule has 1 saturated heterocycles. The van der Waals surface area contributed by atoms with Crippen LogP contribution in [0.15, 0.2) is 48.5 Å². The number of methoxy groups -OCH3 is 1. The fourth-order valence-corrected chi connectivity index (χ4v) is 2.70. The lowest BCUT2D eigenvalue weighted by Gasteiger charge is -2.31. The summed E-state index contributed by atoms with van der Waals surface area (Å²) < 4.78 is 11.2. The highest BCUT2D eigenvalue weighted by atomic mass is 16.5. The normalized spacial score (nSPS) is 14.7. The first kappa shape index (κ1) is 14.7. The molecule has 2 aromatic rings. The van der Waals surface area contributed by atoms with Crippen molar-refractivity contribution in [2.75, 3.05) is 38.2 Å². The Morgan fingerprint density at radius 3 is 2.59 bits per heavy atom. The molecule has 1 aliphatic heterocycles. The average Bonchev–Trinajstić information content (AvgIpc) is 2.61. The van der Waals surface area contributed by atoms with Gasteiger partial charge in [0.15, 0.2) is 0 Å². The molecule has 0 radical (unpaired) electrons. The predicted octanol–water partition coefficient (Wildman–Crippen LogP) is 2.68. The number of nitrogens with one attached hydrogen (secondary N) is 1. The molecule has 116 valence electrons. The first-order valence-corrected chi connectivity index (χ1v) is 7.67. The molecule has 0 aliphatic carbocycles. The van der Waals surface area contributed by atoms with Gasteiger partial charge in [0.1, 0.15) is 18.1 Å². The summed E-state index contributed by atoms with van der Waals surface area (Å²) in [6, 6.07) is 16.2. The van der Waals surface area contributed by atoms with Gasteiger partial charge in [-0.1, -0.05) is 24.3 Å². The van der Waals surface area contributed by atoms with Crippen LogP contribution in [0.5, 0.6) is 11.5 Å². The topological polar surface area (TPSA) is 33.7 Å². The van der Waals surface area contributed by atoms with Gasteiger partial charge in [0.25, 0.3) is 0 Å². The first-order chi connectivity index (χ1) is 10.9. The molecule has 4 heteroatoms. The van der Waals surface area contributed by atoms with Gasteiger partial charge in [-0.3, -0.25) is 0 Å². The van der Waals surface area contributed by atoms with E-state index in [4.69, 9.17) is 9.47 Å². The third kappa shape index (κ3) is 3.52. The summed E-state index contributed by atoms with van der Waals surface area (Å²) in [4.78, 5) is 2.42. The molecule has 2 aromatic carbocycles. The van der Waals surface area contributed by atoms with E-state index in [1.54, 1.807) is 7.11 Å². The number of anilines is 1. The van der Waals surface area contributed by atoms with E-state index in [2.05, 4.69) is 34.5 Å². The van der Waals surface area contributed by atoms with Gasteiger partial charge < -0.3 is 19.7 Å². The van der Waals surface area contributed by atoms with Crippen molar-refractivity contribution in [2.24, 2.45) is 0 Å². The maximum atomic E-state index is 5.94. The molecule has 0 unspecified atom stereocenters. The Bertz CT molecular complexity index is 610. The SMILES string of the molecule is COc1cccc(OCc2ccccc2N2CCNCC2)c1. The number of hydrogen-bond acceptors (Lipinski definition) is 4. The Balaban J connectivity index is 1.71. The fourth-order valence-electron chi connectivity index (χ4n) is 2.70. The van der Waals surface area contributed by atoms with Gasteiger partial charge in [-0.05, 0) is 18.2 Å². The zero-order chi connectivity index (χ0) is 15.2. The Labute approximate surface area is 131 Å². The smallest absolute Gasteiger partial charge is 0.123 e. The van der Waals surface area contributed by atoms with Crippen molar-refractivity contribution < 1.29 is 9.47 Å². The average molecular weight is 298 g/mol. The molecule has 4 nitrogen and oxygen atoms in total. The molecule has 1 fully saturated rings. The van der Waals surface area contributed by atoms with E-state index in [0.717, 1.165) is 37.7 Å². The summed E-state index contributed by atoms with van der Waals surface area (Å²) in [5.41, 5.74) is 2.49. The number of benzene rings is 2. The van der Waals surface area contributed by atoms with Crippen LogP contribution in [0.3, 0.4) is 0 Å². The van der Waals surface area contributed by atoms with Gasteiger partial charge in [-0.25, -0.2) is 0 Å². The standard InChI is InChI=1S/C18H22N2O2/c1-21-16-6-4-7-17(13-16)22-14-15-5-2-3-8-18(15)20-11-9-19-10-12-20/h2-8,13,19H,9-12,14H2,1H3. The molecule has 1 N–H and O–H groups in total. The summed E-state index contributed by atoms with van der Waals surface area (Å²) >= 11 is 0. The van der Waals surface area contributed by atoms with E-state index in [9.17, 15) is 0 Å². The van der Waals surface area contributed by atoms with Crippen molar-refractivity contribution in [3.05, 3.63) is 54.1 Å². The highest BCUT2D eigenvalue weighted by Gasteiger charge is 2.13. The second kappa shape index (κ2) is 7.18. The third-order valence-electron chi connectivity index (χ3n) is 3.88. The summed E-state index contributed by atoms with van der Waals surface area (Å²) in [5, 5.41) is 3.39. The molecule has 0 spiro atoms. The van der Waals surface area contributed by atoms with E-state index in [-0.39, 0.29) is 0 Å². The minimum Gasteiger partial charge on any atom is -0.497 e. The Morgan fingerprint density at radius 2 is 1.77 bits per heavy atom. The fraction of sp³-hybridized carbons (Fsp3) is 0.333. The van der Waals surface area contributed by atoms with Gasteiger partial charge in [-0.2, -0.15) is 0 Å². The summed E-state index contributed by atoms with van der Waals surface area (Å²) in [6.45, 7) is 4.70. The maximum Gasteiger partial charge on any atom is 0.123 e. The molecule has 1 aliphatic rings. The molecular formula is C18H22N2O2. The summed E-state index contributed by atoms with van der Waals surface area (Å²) in [7, 11) is 1.67. The Morgan fingerprint density at radius 1 is 1.00 bits per heavy atom. The van der Waals surface area contributed by atoms with E-state index >= 15 is 0 Å². The minimum absolute atomic E-state index is 0.563. The van der Waals surface area contributed by atoms with Crippen LogP contribution in [-0.4, -0.2) is 33.3 Å². The highest BCUT2D eigenvalue weighted by Crippen LogP contribution is 2.24. The van der Waals surface area contributed by atoms with Crippen molar-refractivity contribution in [2.45, 2.75) is 6.61 Å². The second-order valence-corrected chi connectivity index (χ2v) is 5.33. The number of ether oxygens (including phenoxy) is 2. The summed E-state index contributed by atoms with van der Waals surface area (Å²) in [5.74, 6) is 1.64. The number of hydrogen-bond donors (Lipinski definition) is 1. The number of nitrogens with zero attached hydrogens (tertiary/aromatic N) is 1. The molecule has 0 saturated carbocycles. The van der Waals surface area contributed by atoms with Crippen molar-refractivity contribution in [3.8, 4) is 11.5 Å². The van der Waals surface area contributed by atoms with E-state index in [1.165, 1.54) is 11.3 Å². The molecule has 22 heavy (non-hydrogen) atoms. The molecule has 0 bridgehead atoms. The van der Waals surface area contributed by atoms with Gasteiger partial charge in [0.05, 0.1) is 7.11 Å². The lowest BCUT2D eigenvalue weighted by Crippen LogP contribution is -2.43. The quantitative estimate of drug-likeness (QED) is 0.920. The third-order valence-corrected chi connectivity index (χ3v) is 3.88. The van der Waals surface area contributed by atoms with Crippen LogP contribution in [0.2, 0.25) is 0 Å². The van der Waals surface area contributed by atoms with Crippen molar-refractivity contribution in [3.63, 3.8) is 0 Å². The van der Waals surface area contributed by atoms with Crippen LogP contribution < -0.4 is 19.7 Å². The monoisotopic (exact) mass is 298 g/mol.